The summed E-state index contributed by atoms with van der Waals surface area (Å²) >= 11 is 0. The normalized spacial score (nSPS) is 24.7. The SMILES string of the molecule is CO.[B]C1CCC(COC)C1.[CH2-]COCCCC(=O)CCCCOC1OC(COC(C)=O)C(OC(C)=O)C(C)C1C.[CH3-].[CH3-].[V+2].[W]. The number of esters is 2. The van der Waals surface area contributed by atoms with E-state index in [0.717, 1.165) is 45.3 Å². The Kier molecular flexibility index (Phi) is 40.5. The standard InChI is InChI=1S/C22H37O8.C7H13BO.CH4O.2CH3.V.W/c1-6-26-12-9-11-19(25)10-7-8-13-27-22-16(3)15(2)21(29-18(5)24)20(30-22)14-28-17(4)23;1-9-5-6-2-3-7(8)4-6;1-2;;;;/h15-16,20-22H,1,6-14H2,2-5H3;6-7H,2-5H2,1H3;2H,1H3;2*1H3;;/q-1;;;2*-1;+2;. The van der Waals surface area contributed by atoms with E-state index in [-0.39, 0.29) is 78.7 Å². The van der Waals surface area contributed by atoms with Gasteiger partial charge in [0.05, 0.1) is 7.85 Å². The summed E-state index contributed by atoms with van der Waals surface area (Å²) < 4.78 is 32.5. The molecule has 1 N–H and O–H groups in total. The van der Waals surface area contributed by atoms with Crippen LogP contribution in [0.4, 0.5) is 0 Å². The summed E-state index contributed by atoms with van der Waals surface area (Å²) in [5.74, 6) is 0.538. The van der Waals surface area contributed by atoms with Crippen molar-refractivity contribution in [2.45, 2.75) is 103 Å². The molecular weight excluding hydrogens is 790 g/mol. The molecule has 0 amide bonds. The Labute approximate surface area is 302 Å². The number of ketones is 1. The zero-order valence-corrected chi connectivity index (χ0v) is 33.3. The Hall–Kier alpha value is -0.252. The molecule has 7 atom stereocenters. The predicted octanol–water partition coefficient (Wildman–Crippen LogP) is 4.76. The second-order valence-corrected chi connectivity index (χ2v) is 10.6. The minimum Gasteiger partial charge on any atom is -0.463 e. The number of hydrogen-bond acceptors (Lipinski definition) is 10. The van der Waals surface area contributed by atoms with Gasteiger partial charge >= 0.3 is 30.5 Å². The van der Waals surface area contributed by atoms with Crippen molar-refractivity contribution in [1.82, 2.24) is 0 Å². The van der Waals surface area contributed by atoms with Crippen LogP contribution >= 0.6 is 0 Å². The summed E-state index contributed by atoms with van der Waals surface area (Å²) in [6.45, 7) is 12.5. The molecule has 1 aliphatic carbocycles. The van der Waals surface area contributed by atoms with Crippen molar-refractivity contribution < 1.29 is 87.5 Å². The summed E-state index contributed by atoms with van der Waals surface area (Å²) in [6.07, 6.45) is 5.27. The van der Waals surface area contributed by atoms with E-state index in [4.69, 9.17) is 41.4 Å². The molecule has 13 heteroatoms. The number of carbonyl (C=O) groups excluding carboxylic acids is 3. The monoisotopic (exact) mass is 850 g/mol. The molecular formula is C32H60BO10VW-. The zero-order chi connectivity index (χ0) is 31.2. The Morgan fingerprint density at radius 2 is 1.56 bits per heavy atom. The van der Waals surface area contributed by atoms with E-state index in [1.807, 2.05) is 13.8 Å². The third-order valence-corrected chi connectivity index (χ3v) is 7.21. The Morgan fingerprint density at radius 3 is 2.07 bits per heavy atom. The number of hydrogen-bond donors (Lipinski definition) is 1. The average molecular weight is 850 g/mol. The second kappa shape index (κ2) is 33.6. The van der Waals surface area contributed by atoms with E-state index in [0.29, 0.717) is 38.5 Å². The van der Waals surface area contributed by atoms with Crippen LogP contribution in [0.3, 0.4) is 0 Å². The van der Waals surface area contributed by atoms with Crippen LogP contribution in [-0.2, 0) is 82.4 Å². The minimum atomic E-state index is -0.587. The van der Waals surface area contributed by atoms with E-state index < -0.39 is 30.4 Å². The third-order valence-electron chi connectivity index (χ3n) is 7.21. The van der Waals surface area contributed by atoms with Crippen LogP contribution in [0.1, 0.15) is 79.1 Å². The Bertz CT molecular complexity index is 719. The molecule has 45 heavy (non-hydrogen) atoms. The van der Waals surface area contributed by atoms with Crippen molar-refractivity contribution in [1.29, 1.82) is 0 Å². The van der Waals surface area contributed by atoms with Gasteiger partial charge < -0.3 is 55.3 Å². The number of rotatable bonds is 16. The molecule has 7 unspecified atom stereocenters. The second-order valence-electron chi connectivity index (χ2n) is 10.6. The molecule has 0 aromatic carbocycles. The number of methoxy groups -OCH3 is 1. The molecule has 0 bridgehead atoms. The molecule has 0 spiro atoms. The third kappa shape index (κ3) is 25.4. The molecule has 0 aromatic heterocycles. The maximum Gasteiger partial charge on any atom is 2.00 e. The summed E-state index contributed by atoms with van der Waals surface area (Å²) in [7, 11) is 8.45. The van der Waals surface area contributed by atoms with Crippen molar-refractivity contribution in [2.75, 3.05) is 47.3 Å². The van der Waals surface area contributed by atoms with Crippen molar-refractivity contribution in [2.24, 2.45) is 17.8 Å². The summed E-state index contributed by atoms with van der Waals surface area (Å²) in [4.78, 5) is 34.5. The number of aliphatic hydroxyl groups excluding tert-OH is 1. The number of Topliss-reactive ketones (excluding diaryl/α,β-unsaturated/α-hetero) is 1. The number of unbranched alkanes of at least 4 members (excludes halogenated alkanes) is 1. The first-order valence-electron chi connectivity index (χ1n) is 14.7. The molecule has 1 heterocycles. The first kappa shape index (κ1) is 54.2. The van der Waals surface area contributed by atoms with E-state index in [1.54, 1.807) is 7.11 Å². The topological polar surface area (TPSA) is 127 Å². The van der Waals surface area contributed by atoms with Gasteiger partial charge in [0.2, 0.25) is 0 Å². The van der Waals surface area contributed by atoms with Crippen LogP contribution in [0.25, 0.3) is 0 Å². The van der Waals surface area contributed by atoms with Crippen molar-refractivity contribution in [3.05, 3.63) is 21.8 Å². The summed E-state index contributed by atoms with van der Waals surface area (Å²) in [6, 6.07) is 0. The van der Waals surface area contributed by atoms with Gasteiger partial charge in [-0.2, -0.15) is 0 Å². The fourth-order valence-electron chi connectivity index (χ4n) is 4.88. The first-order chi connectivity index (χ1) is 19.6. The number of ether oxygens (including phenoxy) is 6. The predicted molar refractivity (Wildman–Crippen MR) is 169 cm³/mol. The van der Waals surface area contributed by atoms with E-state index in [2.05, 4.69) is 6.92 Å². The average Bonchev–Trinajstić information content (AvgIpc) is 3.35. The molecule has 1 saturated carbocycles. The number of carbonyl (C=O) groups is 3. The summed E-state index contributed by atoms with van der Waals surface area (Å²) in [5.41, 5.74) is 0. The van der Waals surface area contributed by atoms with Gasteiger partial charge in [-0.25, -0.2) is 0 Å². The van der Waals surface area contributed by atoms with Gasteiger partial charge in [-0.15, -0.1) is 0 Å². The maximum absolute atomic E-state index is 11.8. The number of aliphatic hydroxyl groups is 1. The van der Waals surface area contributed by atoms with Crippen molar-refractivity contribution >= 4 is 25.6 Å². The van der Waals surface area contributed by atoms with Gasteiger partial charge in [0.15, 0.2) is 6.29 Å². The van der Waals surface area contributed by atoms with E-state index in [9.17, 15) is 14.4 Å². The van der Waals surface area contributed by atoms with Crippen LogP contribution in [0.2, 0.25) is 5.82 Å². The molecule has 2 aliphatic rings. The van der Waals surface area contributed by atoms with Gasteiger partial charge in [-0.1, -0.05) is 39.1 Å². The van der Waals surface area contributed by atoms with Crippen LogP contribution in [-0.4, -0.2) is 96.4 Å². The molecule has 0 aromatic rings. The molecule has 1 aliphatic heterocycles. The fraction of sp³-hybridized carbons (Fsp3) is 0.812. The van der Waals surface area contributed by atoms with Crippen LogP contribution < -0.4 is 0 Å². The summed E-state index contributed by atoms with van der Waals surface area (Å²) in [5, 5.41) is 7.00. The van der Waals surface area contributed by atoms with E-state index in [1.165, 1.54) is 26.7 Å². The van der Waals surface area contributed by atoms with Gasteiger partial charge in [-0.3, -0.25) is 14.4 Å². The van der Waals surface area contributed by atoms with Crippen molar-refractivity contribution in [3.8, 4) is 0 Å². The molecule has 263 valence electrons. The molecule has 2 fully saturated rings. The molecule has 1 saturated heterocycles. The van der Waals surface area contributed by atoms with Crippen LogP contribution in [0.15, 0.2) is 0 Å². The molecule has 2 rings (SSSR count). The first-order valence-corrected chi connectivity index (χ1v) is 14.7. The van der Waals surface area contributed by atoms with Crippen molar-refractivity contribution in [3.63, 3.8) is 0 Å². The maximum atomic E-state index is 11.8. The quantitative estimate of drug-likeness (QED) is 0.101. The smallest absolute Gasteiger partial charge is 0.463 e. The van der Waals surface area contributed by atoms with Gasteiger partial charge in [0.1, 0.15) is 24.6 Å². The molecule has 10 nitrogen and oxygen atoms in total. The van der Waals surface area contributed by atoms with Crippen LogP contribution in [0, 0.1) is 39.5 Å². The van der Waals surface area contributed by atoms with Gasteiger partial charge in [0.25, 0.3) is 0 Å². The molecule has 3 radical (unpaired) electrons. The minimum absolute atomic E-state index is 0. The zero-order valence-electron chi connectivity index (χ0n) is 29.0. The van der Waals surface area contributed by atoms with Gasteiger partial charge in [0, 0.05) is 93.6 Å². The Balaban J connectivity index is -0.000000303. The van der Waals surface area contributed by atoms with E-state index >= 15 is 0 Å². The Morgan fingerprint density at radius 1 is 0.933 bits per heavy atom. The van der Waals surface area contributed by atoms with Crippen LogP contribution in [0.5, 0.6) is 0 Å². The fourth-order valence-corrected chi connectivity index (χ4v) is 4.88. The largest absolute Gasteiger partial charge is 2.00 e. The van der Waals surface area contributed by atoms with Gasteiger partial charge in [-0.05, 0) is 31.6 Å².